The first-order valence-electron chi connectivity index (χ1n) is 12.1. The second-order valence-corrected chi connectivity index (χ2v) is 8.74. The summed E-state index contributed by atoms with van der Waals surface area (Å²) in [6.45, 7) is 8.35. The maximum absolute atomic E-state index is 13.9. The summed E-state index contributed by atoms with van der Waals surface area (Å²) < 4.78 is 11.7. The molecule has 2 aliphatic heterocycles. The standard InChI is InChI=1S/C27H34N2O4/c1-5-8-14-28(4)27(31)24-19-11-9-10-12-20(19)26(30)29-15-13-18-16-22(32-6-2)23(33-7-3)17-21(18)25(24)29/h9-12,16-17,24-25H,5-8,13-15H2,1-4H3. The van der Waals surface area contributed by atoms with Crippen molar-refractivity contribution in [2.24, 2.45) is 0 Å². The summed E-state index contributed by atoms with van der Waals surface area (Å²) in [6.07, 6.45) is 2.69. The minimum absolute atomic E-state index is 0.00615. The van der Waals surface area contributed by atoms with Crippen LogP contribution in [-0.2, 0) is 11.2 Å². The molecule has 176 valence electrons. The van der Waals surface area contributed by atoms with Gasteiger partial charge in [-0.2, -0.15) is 0 Å². The molecule has 0 aliphatic carbocycles. The normalized spacial score (nSPS) is 18.8. The molecule has 2 amide bonds. The number of amides is 2. The number of hydrogen-bond donors (Lipinski definition) is 0. The minimum Gasteiger partial charge on any atom is -0.490 e. The SMILES string of the molecule is CCCCN(C)C(=O)C1c2ccccc2C(=O)N2CCc3cc(OCC)c(OCC)cc3C12. The number of benzene rings is 2. The number of likely N-dealkylation sites (N-methyl/N-ethyl adjacent to an activating group) is 1. The van der Waals surface area contributed by atoms with Crippen molar-refractivity contribution < 1.29 is 19.1 Å². The fourth-order valence-electron chi connectivity index (χ4n) is 5.08. The lowest BCUT2D eigenvalue weighted by atomic mass is 9.75. The number of fused-ring (bicyclic) bond motifs is 4. The van der Waals surface area contributed by atoms with Crippen molar-refractivity contribution in [2.45, 2.75) is 52.0 Å². The van der Waals surface area contributed by atoms with E-state index in [9.17, 15) is 9.59 Å². The van der Waals surface area contributed by atoms with Crippen LogP contribution in [0.2, 0.25) is 0 Å². The van der Waals surface area contributed by atoms with Gasteiger partial charge in [-0.15, -0.1) is 0 Å². The van der Waals surface area contributed by atoms with Crippen molar-refractivity contribution in [1.82, 2.24) is 9.80 Å². The number of nitrogens with zero attached hydrogens (tertiary/aromatic N) is 2. The number of carbonyl (C=O) groups is 2. The third-order valence-corrected chi connectivity index (χ3v) is 6.67. The lowest BCUT2D eigenvalue weighted by Gasteiger charge is -2.46. The van der Waals surface area contributed by atoms with Crippen molar-refractivity contribution in [3.63, 3.8) is 0 Å². The summed E-state index contributed by atoms with van der Waals surface area (Å²) in [5.41, 5.74) is 3.55. The van der Waals surface area contributed by atoms with Gasteiger partial charge in [-0.05, 0) is 61.6 Å². The zero-order valence-electron chi connectivity index (χ0n) is 20.1. The summed E-state index contributed by atoms with van der Waals surface area (Å²) >= 11 is 0. The number of rotatable bonds is 8. The average Bonchev–Trinajstić information content (AvgIpc) is 2.83. The Balaban J connectivity index is 1.86. The van der Waals surface area contributed by atoms with Gasteiger partial charge in [0.2, 0.25) is 5.91 Å². The topological polar surface area (TPSA) is 59.1 Å². The van der Waals surface area contributed by atoms with Crippen molar-refractivity contribution in [1.29, 1.82) is 0 Å². The second-order valence-electron chi connectivity index (χ2n) is 8.74. The summed E-state index contributed by atoms with van der Waals surface area (Å²) in [4.78, 5) is 31.1. The molecular weight excluding hydrogens is 416 g/mol. The Morgan fingerprint density at radius 1 is 1.06 bits per heavy atom. The Morgan fingerprint density at radius 3 is 2.45 bits per heavy atom. The molecule has 33 heavy (non-hydrogen) atoms. The molecule has 0 spiro atoms. The molecule has 2 unspecified atom stereocenters. The molecule has 0 bridgehead atoms. The molecule has 2 heterocycles. The molecule has 2 aromatic rings. The van der Waals surface area contributed by atoms with Crippen molar-refractivity contribution in [3.05, 3.63) is 58.7 Å². The van der Waals surface area contributed by atoms with E-state index in [0.29, 0.717) is 37.6 Å². The zero-order valence-corrected chi connectivity index (χ0v) is 20.1. The van der Waals surface area contributed by atoms with Crippen molar-refractivity contribution in [3.8, 4) is 11.5 Å². The van der Waals surface area contributed by atoms with Gasteiger partial charge in [0.15, 0.2) is 11.5 Å². The van der Waals surface area contributed by atoms with Gasteiger partial charge < -0.3 is 19.3 Å². The largest absolute Gasteiger partial charge is 0.490 e. The molecule has 4 rings (SSSR count). The van der Waals surface area contributed by atoms with Crippen molar-refractivity contribution >= 4 is 11.8 Å². The average molecular weight is 451 g/mol. The van der Waals surface area contributed by atoms with Crippen LogP contribution in [0, 0.1) is 0 Å². The van der Waals surface area contributed by atoms with Crippen LogP contribution in [0.4, 0.5) is 0 Å². The molecule has 0 saturated carbocycles. The number of hydrogen-bond acceptors (Lipinski definition) is 4. The third kappa shape index (κ3) is 4.19. The predicted molar refractivity (Wildman–Crippen MR) is 128 cm³/mol. The fraction of sp³-hybridized carbons (Fsp3) is 0.481. The molecule has 2 aliphatic rings. The van der Waals surface area contributed by atoms with Gasteiger partial charge in [0.05, 0.1) is 25.2 Å². The molecule has 0 saturated heterocycles. The van der Waals surface area contributed by atoms with E-state index in [-0.39, 0.29) is 17.9 Å². The van der Waals surface area contributed by atoms with Crippen LogP contribution in [-0.4, -0.2) is 55.0 Å². The van der Waals surface area contributed by atoms with E-state index in [1.54, 1.807) is 0 Å². The quantitative estimate of drug-likeness (QED) is 0.591. The number of unbranched alkanes of at least 4 members (excludes halogenated alkanes) is 1. The van der Waals surface area contributed by atoms with Gasteiger partial charge in [-0.25, -0.2) is 0 Å². The highest BCUT2D eigenvalue weighted by Gasteiger charge is 2.47. The third-order valence-electron chi connectivity index (χ3n) is 6.67. The van der Waals surface area contributed by atoms with Crippen LogP contribution < -0.4 is 9.47 Å². The summed E-state index contributed by atoms with van der Waals surface area (Å²) in [7, 11) is 1.87. The number of ether oxygens (including phenoxy) is 2. The molecule has 0 radical (unpaired) electrons. The highest BCUT2D eigenvalue weighted by atomic mass is 16.5. The van der Waals surface area contributed by atoms with Crippen LogP contribution in [0.3, 0.4) is 0 Å². The fourth-order valence-corrected chi connectivity index (χ4v) is 5.08. The molecule has 0 N–H and O–H groups in total. The molecular formula is C27H34N2O4. The maximum atomic E-state index is 13.9. The van der Waals surface area contributed by atoms with Crippen molar-refractivity contribution in [2.75, 3.05) is 33.4 Å². The lowest BCUT2D eigenvalue weighted by molar-refractivity contribution is -0.133. The van der Waals surface area contributed by atoms with Gasteiger partial charge in [0.1, 0.15) is 0 Å². The van der Waals surface area contributed by atoms with Crippen LogP contribution in [0.1, 0.15) is 72.6 Å². The van der Waals surface area contributed by atoms with E-state index in [0.717, 1.165) is 41.7 Å². The van der Waals surface area contributed by atoms with Gasteiger partial charge >= 0.3 is 0 Å². The Bertz CT molecular complexity index is 1030. The Labute approximate surface area is 196 Å². The van der Waals surface area contributed by atoms with E-state index < -0.39 is 5.92 Å². The maximum Gasteiger partial charge on any atom is 0.254 e. The Morgan fingerprint density at radius 2 is 1.76 bits per heavy atom. The molecule has 6 heteroatoms. The smallest absolute Gasteiger partial charge is 0.254 e. The molecule has 2 atom stereocenters. The molecule has 6 nitrogen and oxygen atoms in total. The van der Waals surface area contributed by atoms with Gasteiger partial charge in [0.25, 0.3) is 5.91 Å². The first-order chi connectivity index (χ1) is 16.0. The number of carbonyl (C=O) groups excluding carboxylic acids is 2. The van der Waals surface area contributed by atoms with E-state index in [1.807, 2.05) is 67.1 Å². The highest BCUT2D eigenvalue weighted by Crippen LogP contribution is 2.48. The van der Waals surface area contributed by atoms with Crippen LogP contribution in [0.25, 0.3) is 0 Å². The van der Waals surface area contributed by atoms with Crippen LogP contribution >= 0.6 is 0 Å². The summed E-state index contributed by atoms with van der Waals surface area (Å²) in [5, 5.41) is 0. The molecule has 0 aromatic heterocycles. The van der Waals surface area contributed by atoms with Crippen LogP contribution in [0.5, 0.6) is 11.5 Å². The lowest BCUT2D eigenvalue weighted by Crippen LogP contribution is -2.50. The minimum atomic E-state index is -0.452. The van der Waals surface area contributed by atoms with Gasteiger partial charge in [-0.3, -0.25) is 9.59 Å². The summed E-state index contributed by atoms with van der Waals surface area (Å²) in [6, 6.07) is 11.2. The van der Waals surface area contributed by atoms with Crippen LogP contribution in [0.15, 0.2) is 36.4 Å². The highest BCUT2D eigenvalue weighted by molar-refractivity contribution is 6.01. The molecule has 0 fully saturated rings. The monoisotopic (exact) mass is 450 g/mol. The van der Waals surface area contributed by atoms with E-state index in [1.165, 1.54) is 0 Å². The predicted octanol–water partition coefficient (Wildman–Crippen LogP) is 4.58. The van der Waals surface area contributed by atoms with E-state index in [4.69, 9.17) is 9.47 Å². The second kappa shape index (κ2) is 9.86. The van der Waals surface area contributed by atoms with E-state index in [2.05, 4.69) is 6.92 Å². The summed E-state index contributed by atoms with van der Waals surface area (Å²) in [5.74, 6) is 0.979. The first-order valence-corrected chi connectivity index (χ1v) is 12.1. The van der Waals surface area contributed by atoms with Gasteiger partial charge in [0, 0.05) is 25.7 Å². The Kier molecular flexibility index (Phi) is 6.91. The Hall–Kier alpha value is -3.02. The zero-order chi connectivity index (χ0) is 23.5. The first kappa shape index (κ1) is 23.1. The molecule has 2 aromatic carbocycles. The van der Waals surface area contributed by atoms with E-state index >= 15 is 0 Å². The van der Waals surface area contributed by atoms with Gasteiger partial charge in [-0.1, -0.05) is 31.5 Å².